The second-order valence-electron chi connectivity index (χ2n) is 7.58. The van der Waals surface area contributed by atoms with Crippen LogP contribution in [0.3, 0.4) is 0 Å². The molecule has 2 heterocycles. The normalized spacial score (nSPS) is 27.7. The zero-order valence-corrected chi connectivity index (χ0v) is 13.2. The predicted octanol–water partition coefficient (Wildman–Crippen LogP) is 1.92. The van der Waals surface area contributed by atoms with E-state index in [0.717, 1.165) is 45.4 Å². The lowest BCUT2D eigenvalue weighted by Crippen LogP contribution is -2.65. The summed E-state index contributed by atoms with van der Waals surface area (Å²) in [5.41, 5.74) is 0.246. The predicted molar refractivity (Wildman–Crippen MR) is 81.5 cm³/mol. The minimum Gasteiger partial charge on any atom is -0.342 e. The van der Waals surface area contributed by atoms with Gasteiger partial charge in [-0.3, -0.25) is 9.59 Å². The third-order valence-electron chi connectivity index (χ3n) is 5.73. The summed E-state index contributed by atoms with van der Waals surface area (Å²) in [6.45, 7) is 11.5. The average molecular weight is 290 g/mol. The van der Waals surface area contributed by atoms with E-state index in [0.29, 0.717) is 17.7 Å². The largest absolute Gasteiger partial charge is 0.342 e. The molecule has 0 bridgehead atoms. The van der Waals surface area contributed by atoms with Gasteiger partial charge in [0.2, 0.25) is 11.8 Å². The SMILES string of the molecule is C=CC(=O)N1CC2(CC(C(=O)N3CCC(C(C)C)C3)C2)C1. The van der Waals surface area contributed by atoms with Gasteiger partial charge in [0.25, 0.3) is 0 Å². The fourth-order valence-electron chi connectivity index (χ4n) is 4.26. The minimum absolute atomic E-state index is 0.0229. The Bertz CT molecular complexity index is 457. The second-order valence-corrected chi connectivity index (χ2v) is 7.58. The quantitative estimate of drug-likeness (QED) is 0.745. The zero-order chi connectivity index (χ0) is 15.2. The summed E-state index contributed by atoms with van der Waals surface area (Å²) in [6, 6.07) is 0. The molecule has 21 heavy (non-hydrogen) atoms. The summed E-state index contributed by atoms with van der Waals surface area (Å²) in [7, 11) is 0. The summed E-state index contributed by atoms with van der Waals surface area (Å²) in [6.07, 6.45) is 4.47. The molecular formula is C17H26N2O2. The Hall–Kier alpha value is -1.32. The van der Waals surface area contributed by atoms with Crippen molar-refractivity contribution in [1.29, 1.82) is 0 Å². The number of hydrogen-bond acceptors (Lipinski definition) is 2. The molecule has 1 atom stereocenters. The Morgan fingerprint density at radius 3 is 2.43 bits per heavy atom. The van der Waals surface area contributed by atoms with Crippen LogP contribution < -0.4 is 0 Å². The van der Waals surface area contributed by atoms with E-state index in [2.05, 4.69) is 25.3 Å². The van der Waals surface area contributed by atoms with Crippen molar-refractivity contribution in [3.63, 3.8) is 0 Å². The molecule has 0 N–H and O–H groups in total. The van der Waals surface area contributed by atoms with Crippen LogP contribution in [0.1, 0.15) is 33.1 Å². The van der Waals surface area contributed by atoms with E-state index >= 15 is 0 Å². The Morgan fingerprint density at radius 2 is 1.90 bits per heavy atom. The molecule has 4 nitrogen and oxygen atoms in total. The Labute approximate surface area is 127 Å². The van der Waals surface area contributed by atoms with Gasteiger partial charge in [0.1, 0.15) is 0 Å². The molecule has 0 aromatic carbocycles. The van der Waals surface area contributed by atoms with Gasteiger partial charge in [0.05, 0.1) is 0 Å². The summed E-state index contributed by atoms with van der Waals surface area (Å²) >= 11 is 0. The highest BCUT2D eigenvalue weighted by molar-refractivity contribution is 5.88. The number of carbonyl (C=O) groups excluding carboxylic acids is 2. The molecule has 3 rings (SSSR count). The van der Waals surface area contributed by atoms with Gasteiger partial charge in [-0.05, 0) is 37.2 Å². The molecule has 2 aliphatic heterocycles. The number of hydrogen-bond donors (Lipinski definition) is 0. The lowest BCUT2D eigenvalue weighted by molar-refractivity contribution is -0.161. The minimum atomic E-state index is 0.0229. The molecule has 1 saturated carbocycles. The van der Waals surface area contributed by atoms with E-state index in [1.54, 1.807) is 0 Å². The lowest BCUT2D eigenvalue weighted by Gasteiger charge is -2.58. The van der Waals surface area contributed by atoms with Gasteiger partial charge in [-0.25, -0.2) is 0 Å². The highest BCUT2D eigenvalue weighted by atomic mass is 16.2. The standard InChI is InChI=1S/C17H26N2O2/c1-4-15(20)19-10-17(11-19)7-14(8-17)16(21)18-6-5-13(9-18)12(2)3/h4,12-14H,1,5-11H2,2-3H3. The van der Waals surface area contributed by atoms with Crippen LogP contribution in [-0.4, -0.2) is 47.8 Å². The van der Waals surface area contributed by atoms with Crippen molar-refractivity contribution >= 4 is 11.8 Å². The van der Waals surface area contributed by atoms with Crippen molar-refractivity contribution in [3.05, 3.63) is 12.7 Å². The Kier molecular flexibility index (Phi) is 3.58. The maximum atomic E-state index is 12.5. The van der Waals surface area contributed by atoms with Crippen LogP contribution in [-0.2, 0) is 9.59 Å². The molecule has 1 unspecified atom stereocenters. The van der Waals surface area contributed by atoms with Crippen molar-refractivity contribution in [2.24, 2.45) is 23.2 Å². The topological polar surface area (TPSA) is 40.6 Å². The Balaban J connectivity index is 1.46. The van der Waals surface area contributed by atoms with E-state index in [4.69, 9.17) is 0 Å². The summed E-state index contributed by atoms with van der Waals surface area (Å²) < 4.78 is 0. The fourth-order valence-corrected chi connectivity index (χ4v) is 4.26. The summed E-state index contributed by atoms with van der Waals surface area (Å²) in [5.74, 6) is 1.93. The smallest absolute Gasteiger partial charge is 0.245 e. The van der Waals surface area contributed by atoms with Gasteiger partial charge < -0.3 is 9.80 Å². The van der Waals surface area contributed by atoms with Gasteiger partial charge >= 0.3 is 0 Å². The number of rotatable bonds is 3. The molecule has 3 aliphatic rings. The van der Waals surface area contributed by atoms with Gasteiger partial charge in [0.15, 0.2) is 0 Å². The van der Waals surface area contributed by atoms with Gasteiger partial charge in [0, 0.05) is 37.5 Å². The van der Waals surface area contributed by atoms with Crippen LogP contribution in [0.5, 0.6) is 0 Å². The molecule has 4 heteroatoms. The highest BCUT2D eigenvalue weighted by Gasteiger charge is 2.56. The fraction of sp³-hybridized carbons (Fsp3) is 0.765. The van der Waals surface area contributed by atoms with E-state index in [1.165, 1.54) is 6.08 Å². The first kappa shape index (κ1) is 14.6. The van der Waals surface area contributed by atoms with Crippen LogP contribution in [0.4, 0.5) is 0 Å². The van der Waals surface area contributed by atoms with Crippen LogP contribution in [0.25, 0.3) is 0 Å². The van der Waals surface area contributed by atoms with Crippen molar-refractivity contribution in [2.45, 2.75) is 33.1 Å². The zero-order valence-electron chi connectivity index (χ0n) is 13.2. The molecule has 1 spiro atoms. The molecule has 116 valence electrons. The first-order valence-corrected chi connectivity index (χ1v) is 8.14. The van der Waals surface area contributed by atoms with Crippen molar-refractivity contribution < 1.29 is 9.59 Å². The third-order valence-corrected chi connectivity index (χ3v) is 5.73. The van der Waals surface area contributed by atoms with Crippen molar-refractivity contribution in [1.82, 2.24) is 9.80 Å². The van der Waals surface area contributed by atoms with Gasteiger partial charge in [-0.1, -0.05) is 20.4 Å². The van der Waals surface area contributed by atoms with E-state index in [1.807, 2.05) is 4.90 Å². The second kappa shape index (κ2) is 5.15. The molecule has 2 amide bonds. The maximum absolute atomic E-state index is 12.5. The van der Waals surface area contributed by atoms with Crippen LogP contribution in [0.2, 0.25) is 0 Å². The highest BCUT2D eigenvalue weighted by Crippen LogP contribution is 2.52. The number of likely N-dealkylation sites (tertiary alicyclic amines) is 2. The molecule has 1 aliphatic carbocycles. The van der Waals surface area contributed by atoms with Crippen LogP contribution in [0, 0.1) is 23.2 Å². The maximum Gasteiger partial charge on any atom is 0.245 e. The summed E-state index contributed by atoms with van der Waals surface area (Å²) in [4.78, 5) is 27.9. The molecule has 2 saturated heterocycles. The number of amides is 2. The third kappa shape index (κ3) is 2.49. The van der Waals surface area contributed by atoms with E-state index in [-0.39, 0.29) is 17.2 Å². The van der Waals surface area contributed by atoms with Crippen LogP contribution in [0.15, 0.2) is 12.7 Å². The molecule has 3 fully saturated rings. The summed E-state index contributed by atoms with van der Waals surface area (Å²) in [5, 5.41) is 0. The monoisotopic (exact) mass is 290 g/mol. The van der Waals surface area contributed by atoms with Gasteiger partial charge in [-0.15, -0.1) is 0 Å². The Morgan fingerprint density at radius 1 is 1.24 bits per heavy atom. The van der Waals surface area contributed by atoms with Crippen molar-refractivity contribution in [2.75, 3.05) is 26.2 Å². The lowest BCUT2D eigenvalue weighted by atomic mass is 9.57. The first-order valence-electron chi connectivity index (χ1n) is 8.14. The molecule has 0 radical (unpaired) electrons. The number of nitrogens with zero attached hydrogens (tertiary/aromatic N) is 2. The number of carbonyl (C=O) groups is 2. The van der Waals surface area contributed by atoms with Crippen molar-refractivity contribution in [3.8, 4) is 0 Å². The van der Waals surface area contributed by atoms with E-state index in [9.17, 15) is 9.59 Å². The van der Waals surface area contributed by atoms with Gasteiger partial charge in [-0.2, -0.15) is 0 Å². The molecule has 0 aromatic heterocycles. The molecule has 0 aromatic rings. The molecular weight excluding hydrogens is 264 g/mol. The average Bonchev–Trinajstić information content (AvgIpc) is 2.84. The van der Waals surface area contributed by atoms with E-state index < -0.39 is 0 Å². The first-order chi connectivity index (χ1) is 9.94. The van der Waals surface area contributed by atoms with Crippen LogP contribution >= 0.6 is 0 Å².